The zero-order chi connectivity index (χ0) is 13.0. The maximum absolute atomic E-state index is 9.44. The molecule has 2 aromatic rings. The molecular formula is C17H18O. The molecule has 2 rings (SSSR count). The van der Waals surface area contributed by atoms with Crippen molar-refractivity contribution in [3.63, 3.8) is 0 Å². The van der Waals surface area contributed by atoms with E-state index < -0.39 is 0 Å². The molecule has 0 saturated carbocycles. The summed E-state index contributed by atoms with van der Waals surface area (Å²) in [5.74, 6) is 0.113. The van der Waals surface area contributed by atoms with Crippen molar-refractivity contribution in [2.24, 2.45) is 0 Å². The lowest BCUT2D eigenvalue weighted by Gasteiger charge is -2.06. The summed E-state index contributed by atoms with van der Waals surface area (Å²) in [5, 5.41) is 9.44. The maximum Gasteiger partial charge on any atom is 0.115 e. The summed E-state index contributed by atoms with van der Waals surface area (Å²) in [6, 6.07) is 16.4. The Bertz CT molecular complexity index is 555. The van der Waals surface area contributed by atoms with E-state index in [0.717, 1.165) is 24.0 Å². The van der Waals surface area contributed by atoms with E-state index >= 15 is 0 Å². The van der Waals surface area contributed by atoms with E-state index in [1.807, 2.05) is 18.2 Å². The number of hydrogen-bond acceptors (Lipinski definition) is 1. The molecule has 0 aliphatic carbocycles. The molecule has 0 heterocycles. The average Bonchev–Trinajstić information content (AvgIpc) is 2.39. The second-order valence-electron chi connectivity index (χ2n) is 4.48. The van der Waals surface area contributed by atoms with Crippen molar-refractivity contribution in [1.82, 2.24) is 0 Å². The van der Waals surface area contributed by atoms with E-state index in [1.54, 1.807) is 0 Å². The van der Waals surface area contributed by atoms with Crippen molar-refractivity contribution in [3.05, 3.63) is 66.2 Å². The van der Waals surface area contributed by atoms with Crippen LogP contribution in [0.2, 0.25) is 0 Å². The van der Waals surface area contributed by atoms with Gasteiger partial charge >= 0.3 is 0 Å². The van der Waals surface area contributed by atoms with Crippen molar-refractivity contribution in [2.45, 2.75) is 19.8 Å². The van der Waals surface area contributed by atoms with Crippen LogP contribution in [0, 0.1) is 0 Å². The minimum absolute atomic E-state index is 0.113. The Kier molecular flexibility index (Phi) is 3.83. The van der Waals surface area contributed by atoms with Gasteiger partial charge < -0.3 is 5.11 Å². The number of aryl methyl sites for hydroxylation is 1. The normalized spacial score (nSPS) is 10.3. The van der Waals surface area contributed by atoms with Crippen molar-refractivity contribution in [2.75, 3.05) is 0 Å². The fourth-order valence-electron chi connectivity index (χ4n) is 2.07. The fraction of sp³-hybridized carbons (Fsp3) is 0.176. The summed E-state index contributed by atoms with van der Waals surface area (Å²) in [4.78, 5) is 0. The van der Waals surface area contributed by atoms with Crippen LogP contribution in [0.1, 0.15) is 24.5 Å². The van der Waals surface area contributed by atoms with Crippen LogP contribution in [-0.4, -0.2) is 5.11 Å². The fourth-order valence-corrected chi connectivity index (χ4v) is 2.07. The van der Waals surface area contributed by atoms with Crippen LogP contribution >= 0.6 is 0 Å². The predicted molar refractivity (Wildman–Crippen MR) is 77.5 cm³/mol. The monoisotopic (exact) mass is 238 g/mol. The third-order valence-electron chi connectivity index (χ3n) is 2.99. The van der Waals surface area contributed by atoms with E-state index in [2.05, 4.69) is 43.8 Å². The first-order chi connectivity index (χ1) is 8.70. The molecule has 0 aliphatic rings. The van der Waals surface area contributed by atoms with Crippen LogP contribution in [0.5, 0.6) is 0 Å². The Labute approximate surface area is 108 Å². The molecule has 0 bridgehead atoms. The van der Waals surface area contributed by atoms with Gasteiger partial charge in [-0.25, -0.2) is 0 Å². The lowest BCUT2D eigenvalue weighted by atomic mass is 9.99. The van der Waals surface area contributed by atoms with Gasteiger partial charge in [0.25, 0.3) is 0 Å². The zero-order valence-corrected chi connectivity index (χ0v) is 10.7. The highest BCUT2D eigenvalue weighted by Crippen LogP contribution is 2.23. The topological polar surface area (TPSA) is 20.2 Å². The van der Waals surface area contributed by atoms with Gasteiger partial charge in [0.1, 0.15) is 5.76 Å². The summed E-state index contributed by atoms with van der Waals surface area (Å²) in [5.41, 5.74) is 4.42. The highest BCUT2D eigenvalue weighted by atomic mass is 16.3. The molecule has 0 fully saturated rings. The number of rotatable bonds is 4. The van der Waals surface area contributed by atoms with Gasteiger partial charge in [-0.2, -0.15) is 0 Å². The number of hydrogen-bond donors (Lipinski definition) is 1. The van der Waals surface area contributed by atoms with Crippen LogP contribution in [0.15, 0.2) is 55.1 Å². The van der Waals surface area contributed by atoms with Crippen molar-refractivity contribution >= 4 is 5.76 Å². The Balaban J connectivity index is 2.38. The summed E-state index contributed by atoms with van der Waals surface area (Å²) >= 11 is 0. The lowest BCUT2D eigenvalue weighted by molar-refractivity contribution is 0.514. The molecule has 0 aliphatic heterocycles. The SMILES string of the molecule is C=C(O)c1cccc(-c2cccc(CCC)c2)c1. The molecule has 0 spiro atoms. The lowest BCUT2D eigenvalue weighted by Crippen LogP contribution is -1.86. The molecule has 92 valence electrons. The first-order valence-electron chi connectivity index (χ1n) is 6.28. The molecule has 18 heavy (non-hydrogen) atoms. The van der Waals surface area contributed by atoms with Crippen molar-refractivity contribution < 1.29 is 5.11 Å². The van der Waals surface area contributed by atoms with Crippen LogP contribution in [0.25, 0.3) is 16.9 Å². The van der Waals surface area contributed by atoms with E-state index in [4.69, 9.17) is 0 Å². The minimum Gasteiger partial charge on any atom is -0.508 e. The van der Waals surface area contributed by atoms with Crippen molar-refractivity contribution in [3.8, 4) is 11.1 Å². The highest BCUT2D eigenvalue weighted by Gasteiger charge is 2.02. The molecule has 0 unspecified atom stereocenters. The summed E-state index contributed by atoms with van der Waals surface area (Å²) < 4.78 is 0. The van der Waals surface area contributed by atoms with Gasteiger partial charge in [0.2, 0.25) is 0 Å². The zero-order valence-electron chi connectivity index (χ0n) is 10.7. The maximum atomic E-state index is 9.44. The van der Waals surface area contributed by atoms with Gasteiger partial charge in [-0.1, -0.05) is 62.4 Å². The largest absolute Gasteiger partial charge is 0.508 e. The highest BCUT2D eigenvalue weighted by molar-refractivity contribution is 5.69. The Hall–Kier alpha value is -2.02. The second-order valence-corrected chi connectivity index (χ2v) is 4.48. The third kappa shape index (κ3) is 2.80. The first kappa shape index (κ1) is 12.4. The predicted octanol–water partition coefficient (Wildman–Crippen LogP) is 4.83. The van der Waals surface area contributed by atoms with Gasteiger partial charge in [0, 0.05) is 5.56 Å². The van der Waals surface area contributed by atoms with Gasteiger partial charge in [-0.05, 0) is 29.2 Å². The first-order valence-corrected chi connectivity index (χ1v) is 6.28. The molecule has 0 aromatic heterocycles. The van der Waals surface area contributed by atoms with E-state index in [1.165, 1.54) is 11.1 Å². The molecular weight excluding hydrogens is 220 g/mol. The average molecular weight is 238 g/mol. The standard InChI is InChI=1S/C17H18O/c1-3-6-14-7-4-9-16(11-14)17-10-5-8-15(12-17)13(2)18/h4-5,7-12,18H,2-3,6H2,1H3. The van der Waals surface area contributed by atoms with Crippen LogP contribution in [0.3, 0.4) is 0 Å². The molecule has 0 radical (unpaired) electrons. The van der Waals surface area contributed by atoms with Crippen molar-refractivity contribution in [1.29, 1.82) is 0 Å². The minimum atomic E-state index is 0.113. The van der Waals surface area contributed by atoms with Gasteiger partial charge in [-0.3, -0.25) is 0 Å². The quantitative estimate of drug-likeness (QED) is 0.756. The summed E-state index contributed by atoms with van der Waals surface area (Å²) in [7, 11) is 0. The van der Waals surface area contributed by atoms with Gasteiger partial charge in [-0.15, -0.1) is 0 Å². The van der Waals surface area contributed by atoms with E-state index in [-0.39, 0.29) is 5.76 Å². The molecule has 0 saturated heterocycles. The number of benzene rings is 2. The smallest absolute Gasteiger partial charge is 0.115 e. The van der Waals surface area contributed by atoms with E-state index in [0.29, 0.717) is 0 Å². The Morgan fingerprint density at radius 1 is 1.06 bits per heavy atom. The molecule has 1 nitrogen and oxygen atoms in total. The summed E-state index contributed by atoms with van der Waals surface area (Å²) in [6.07, 6.45) is 2.25. The Morgan fingerprint density at radius 2 is 1.72 bits per heavy atom. The molecule has 0 atom stereocenters. The number of aliphatic hydroxyl groups excluding tert-OH is 1. The van der Waals surface area contributed by atoms with Crippen LogP contribution in [0.4, 0.5) is 0 Å². The van der Waals surface area contributed by atoms with Gasteiger partial charge in [0.15, 0.2) is 0 Å². The van der Waals surface area contributed by atoms with Crippen LogP contribution in [-0.2, 0) is 6.42 Å². The number of aliphatic hydroxyl groups is 1. The molecule has 0 amide bonds. The van der Waals surface area contributed by atoms with Crippen LogP contribution < -0.4 is 0 Å². The third-order valence-corrected chi connectivity index (χ3v) is 2.99. The van der Waals surface area contributed by atoms with Gasteiger partial charge in [0.05, 0.1) is 0 Å². The van der Waals surface area contributed by atoms with E-state index in [9.17, 15) is 5.11 Å². The summed E-state index contributed by atoms with van der Waals surface area (Å²) in [6.45, 7) is 5.75. The Morgan fingerprint density at radius 3 is 2.39 bits per heavy atom. The molecule has 2 aromatic carbocycles. The second kappa shape index (κ2) is 5.54. The molecule has 1 heteroatoms. The molecule has 1 N–H and O–H groups in total.